The van der Waals surface area contributed by atoms with Crippen molar-refractivity contribution in [3.8, 4) is 11.4 Å². The second kappa shape index (κ2) is 8.19. The van der Waals surface area contributed by atoms with Crippen LogP contribution in [-0.2, 0) is 17.8 Å². The molecule has 146 valence electrons. The number of hydrogen-bond donors (Lipinski definition) is 0. The van der Waals surface area contributed by atoms with E-state index in [0.717, 1.165) is 62.4 Å². The van der Waals surface area contributed by atoms with Crippen LogP contribution in [0, 0.1) is 11.3 Å². The van der Waals surface area contributed by atoms with Crippen LogP contribution in [-0.4, -0.2) is 43.6 Å². The molecule has 0 unspecified atom stereocenters. The number of aromatic nitrogens is 4. The van der Waals surface area contributed by atoms with E-state index in [4.69, 9.17) is 0 Å². The third-order valence-electron chi connectivity index (χ3n) is 5.10. The molecular formula is C21H31N5O. The topological polar surface area (TPSA) is 63.9 Å². The predicted octanol–water partition coefficient (Wildman–Crippen LogP) is 3.58. The number of piperidine rings is 1. The minimum atomic E-state index is -0.327. The summed E-state index contributed by atoms with van der Waals surface area (Å²) < 4.78 is 2.00. The summed E-state index contributed by atoms with van der Waals surface area (Å²) in [5, 5.41) is 4.43. The molecular weight excluding hydrogens is 338 g/mol. The van der Waals surface area contributed by atoms with Crippen molar-refractivity contribution >= 4 is 5.91 Å². The van der Waals surface area contributed by atoms with E-state index >= 15 is 0 Å². The van der Waals surface area contributed by atoms with Crippen LogP contribution in [0.25, 0.3) is 11.4 Å². The van der Waals surface area contributed by atoms with Crippen LogP contribution in [0.3, 0.4) is 0 Å². The van der Waals surface area contributed by atoms with E-state index in [0.29, 0.717) is 5.92 Å². The zero-order valence-corrected chi connectivity index (χ0v) is 17.0. The summed E-state index contributed by atoms with van der Waals surface area (Å²) in [4.78, 5) is 24.0. The van der Waals surface area contributed by atoms with Gasteiger partial charge in [0.1, 0.15) is 5.69 Å². The van der Waals surface area contributed by atoms with Crippen LogP contribution in [0.1, 0.15) is 52.7 Å². The molecule has 0 N–H and O–H groups in total. The van der Waals surface area contributed by atoms with Gasteiger partial charge in [-0.15, -0.1) is 0 Å². The molecule has 0 spiro atoms. The van der Waals surface area contributed by atoms with E-state index in [9.17, 15) is 4.79 Å². The van der Waals surface area contributed by atoms with Crippen molar-refractivity contribution in [2.45, 2.75) is 59.9 Å². The minimum Gasteiger partial charge on any atom is -0.342 e. The Kier molecular flexibility index (Phi) is 5.92. The Morgan fingerprint density at radius 2 is 2.00 bits per heavy atom. The molecule has 1 atom stereocenters. The van der Waals surface area contributed by atoms with E-state index < -0.39 is 0 Å². The van der Waals surface area contributed by atoms with Crippen molar-refractivity contribution in [3.63, 3.8) is 0 Å². The summed E-state index contributed by atoms with van der Waals surface area (Å²) in [6.45, 7) is 10.7. The van der Waals surface area contributed by atoms with Crippen molar-refractivity contribution in [1.29, 1.82) is 0 Å². The van der Waals surface area contributed by atoms with Crippen LogP contribution < -0.4 is 0 Å². The van der Waals surface area contributed by atoms with Crippen LogP contribution in [0.15, 0.2) is 24.7 Å². The fourth-order valence-corrected chi connectivity index (χ4v) is 3.82. The smallest absolute Gasteiger partial charge is 0.227 e. The predicted molar refractivity (Wildman–Crippen MR) is 106 cm³/mol. The Balaban J connectivity index is 1.78. The van der Waals surface area contributed by atoms with Crippen LogP contribution in [0.2, 0.25) is 0 Å². The molecule has 1 aliphatic rings. The maximum absolute atomic E-state index is 12.7. The number of aryl methyl sites for hydroxylation is 1. The van der Waals surface area contributed by atoms with Crippen LogP contribution >= 0.6 is 0 Å². The van der Waals surface area contributed by atoms with Crippen molar-refractivity contribution in [1.82, 2.24) is 24.6 Å². The van der Waals surface area contributed by atoms with Gasteiger partial charge in [-0.3, -0.25) is 19.4 Å². The number of amides is 1. The molecule has 0 bridgehead atoms. The highest BCUT2D eigenvalue weighted by Gasteiger charge is 2.31. The third kappa shape index (κ3) is 4.54. The molecule has 2 aromatic heterocycles. The molecule has 1 aliphatic heterocycles. The van der Waals surface area contributed by atoms with Gasteiger partial charge < -0.3 is 4.90 Å². The van der Waals surface area contributed by atoms with Gasteiger partial charge in [0.25, 0.3) is 0 Å². The molecule has 6 heteroatoms. The Morgan fingerprint density at radius 3 is 2.74 bits per heavy atom. The lowest BCUT2D eigenvalue weighted by molar-refractivity contribution is -0.141. The van der Waals surface area contributed by atoms with E-state index in [1.807, 2.05) is 42.6 Å². The number of rotatable bonds is 5. The normalized spacial score (nSPS) is 17.9. The summed E-state index contributed by atoms with van der Waals surface area (Å²) >= 11 is 0. The molecule has 27 heavy (non-hydrogen) atoms. The van der Waals surface area contributed by atoms with Gasteiger partial charge in [-0.1, -0.05) is 27.7 Å². The van der Waals surface area contributed by atoms with Gasteiger partial charge in [0, 0.05) is 43.6 Å². The van der Waals surface area contributed by atoms with Gasteiger partial charge in [-0.25, -0.2) is 0 Å². The average molecular weight is 370 g/mol. The first-order valence-electron chi connectivity index (χ1n) is 10.0. The summed E-state index contributed by atoms with van der Waals surface area (Å²) in [7, 11) is 0. The molecule has 6 nitrogen and oxygen atoms in total. The van der Waals surface area contributed by atoms with Crippen LogP contribution in [0.5, 0.6) is 0 Å². The van der Waals surface area contributed by atoms with Gasteiger partial charge in [-0.05, 0) is 37.7 Å². The molecule has 1 amide bonds. The zero-order chi connectivity index (χ0) is 19.4. The van der Waals surface area contributed by atoms with E-state index in [2.05, 4.69) is 22.0 Å². The monoisotopic (exact) mass is 369 g/mol. The lowest BCUT2D eigenvalue weighted by Crippen LogP contribution is -2.45. The molecule has 0 aliphatic carbocycles. The van der Waals surface area contributed by atoms with E-state index in [1.54, 1.807) is 12.4 Å². The average Bonchev–Trinajstić information content (AvgIpc) is 3.09. The molecule has 1 saturated heterocycles. The first kappa shape index (κ1) is 19.5. The number of carbonyl (C=O) groups excluding carboxylic acids is 1. The highest BCUT2D eigenvalue weighted by atomic mass is 16.2. The summed E-state index contributed by atoms with van der Waals surface area (Å²) in [6, 6.07) is 2.01. The Morgan fingerprint density at radius 1 is 1.22 bits per heavy atom. The number of nitrogens with zero attached hydrogens (tertiary/aromatic N) is 5. The standard InChI is InChI=1S/C21H31N5O/c1-5-12-26-18(8-9-24-26)19-17(22-10-11-23-19)14-16-7-6-13-25(15-16)20(27)21(2,3)4/h8-11,16H,5-7,12-15H2,1-4H3/t16-/m0/s1. The van der Waals surface area contributed by atoms with Gasteiger partial charge in [0.15, 0.2) is 0 Å². The van der Waals surface area contributed by atoms with E-state index in [-0.39, 0.29) is 11.3 Å². The summed E-state index contributed by atoms with van der Waals surface area (Å²) in [5.74, 6) is 0.663. The van der Waals surface area contributed by atoms with E-state index in [1.165, 1.54) is 0 Å². The molecule has 2 aromatic rings. The van der Waals surface area contributed by atoms with Crippen molar-refractivity contribution in [2.75, 3.05) is 13.1 Å². The summed E-state index contributed by atoms with van der Waals surface area (Å²) in [6.07, 6.45) is 9.38. The molecule has 3 rings (SSSR count). The summed E-state index contributed by atoms with van der Waals surface area (Å²) in [5.41, 5.74) is 2.62. The Labute approximate surface area is 162 Å². The molecule has 0 saturated carbocycles. The zero-order valence-electron chi connectivity index (χ0n) is 17.0. The maximum atomic E-state index is 12.7. The van der Waals surface area contributed by atoms with Gasteiger partial charge in [0.2, 0.25) is 5.91 Å². The SMILES string of the molecule is CCCn1nccc1-c1nccnc1C[C@@H]1CCCN(C(=O)C(C)(C)C)C1. The molecule has 3 heterocycles. The molecule has 0 radical (unpaired) electrons. The number of likely N-dealkylation sites (tertiary alicyclic amines) is 1. The highest BCUT2D eigenvalue weighted by Crippen LogP contribution is 2.28. The number of carbonyl (C=O) groups is 1. The minimum absolute atomic E-state index is 0.243. The second-order valence-corrected chi connectivity index (χ2v) is 8.50. The van der Waals surface area contributed by atoms with Crippen molar-refractivity contribution in [2.24, 2.45) is 11.3 Å². The largest absolute Gasteiger partial charge is 0.342 e. The first-order chi connectivity index (χ1) is 12.9. The first-order valence-corrected chi connectivity index (χ1v) is 10.0. The van der Waals surface area contributed by atoms with Crippen molar-refractivity contribution in [3.05, 3.63) is 30.4 Å². The second-order valence-electron chi connectivity index (χ2n) is 8.50. The molecule has 1 fully saturated rings. The fourth-order valence-electron chi connectivity index (χ4n) is 3.82. The highest BCUT2D eigenvalue weighted by molar-refractivity contribution is 5.81. The van der Waals surface area contributed by atoms with Crippen LogP contribution in [0.4, 0.5) is 0 Å². The lowest BCUT2D eigenvalue weighted by atomic mass is 9.89. The van der Waals surface area contributed by atoms with Crippen molar-refractivity contribution < 1.29 is 4.79 Å². The number of hydrogen-bond acceptors (Lipinski definition) is 4. The van der Waals surface area contributed by atoms with Gasteiger partial charge in [-0.2, -0.15) is 5.10 Å². The Bertz CT molecular complexity index is 777. The maximum Gasteiger partial charge on any atom is 0.227 e. The lowest BCUT2D eigenvalue weighted by Gasteiger charge is -2.36. The van der Waals surface area contributed by atoms with Gasteiger partial charge in [0.05, 0.1) is 11.4 Å². The third-order valence-corrected chi connectivity index (χ3v) is 5.10. The Hall–Kier alpha value is -2.24. The fraction of sp³-hybridized carbons (Fsp3) is 0.619. The molecule has 0 aromatic carbocycles. The quantitative estimate of drug-likeness (QED) is 0.808. The van der Waals surface area contributed by atoms with Gasteiger partial charge >= 0.3 is 0 Å².